The van der Waals surface area contributed by atoms with Gasteiger partial charge >= 0.3 is 6.03 Å². The van der Waals surface area contributed by atoms with E-state index in [0.717, 1.165) is 12.1 Å². The van der Waals surface area contributed by atoms with E-state index in [-0.39, 0.29) is 12.1 Å². The third-order valence-corrected chi connectivity index (χ3v) is 3.91. The summed E-state index contributed by atoms with van der Waals surface area (Å²) < 4.78 is 5.25. The van der Waals surface area contributed by atoms with E-state index in [9.17, 15) is 4.79 Å². The lowest BCUT2D eigenvalue weighted by Crippen LogP contribution is -2.42. The molecule has 1 aromatic heterocycles. The van der Waals surface area contributed by atoms with Crippen LogP contribution < -0.4 is 5.32 Å². The van der Waals surface area contributed by atoms with Crippen LogP contribution >= 0.6 is 0 Å². The number of ether oxygens (including phenoxy) is 1. The fourth-order valence-electron chi connectivity index (χ4n) is 2.57. The van der Waals surface area contributed by atoms with E-state index in [1.54, 1.807) is 25.3 Å². The Bertz CT molecular complexity index is 646. The summed E-state index contributed by atoms with van der Waals surface area (Å²) >= 11 is 0. The monoisotopic (exact) mass is 327 g/mol. The molecule has 5 heteroatoms. The van der Waals surface area contributed by atoms with Gasteiger partial charge < -0.3 is 15.0 Å². The number of nitrogens with zero attached hydrogens (tertiary/aromatic N) is 2. The van der Waals surface area contributed by atoms with Gasteiger partial charge in [0.2, 0.25) is 0 Å². The maximum atomic E-state index is 12.4. The first-order chi connectivity index (χ1) is 11.6. The highest BCUT2D eigenvalue weighted by molar-refractivity contribution is 5.74. The summed E-state index contributed by atoms with van der Waals surface area (Å²) in [6, 6.07) is 13.6. The van der Waals surface area contributed by atoms with Gasteiger partial charge in [0.05, 0.1) is 18.3 Å². The van der Waals surface area contributed by atoms with E-state index in [4.69, 9.17) is 4.74 Å². The number of carbonyl (C=O) groups is 1. The minimum Gasteiger partial charge on any atom is -0.382 e. The molecule has 24 heavy (non-hydrogen) atoms. The lowest BCUT2D eigenvalue weighted by atomic mass is 10.1. The third-order valence-electron chi connectivity index (χ3n) is 3.91. The summed E-state index contributed by atoms with van der Waals surface area (Å²) in [7, 11) is 3.39. The number of carbonyl (C=O) groups excluding carboxylic acids is 1. The molecule has 0 unspecified atom stereocenters. The average molecular weight is 327 g/mol. The molecule has 2 aromatic rings. The van der Waals surface area contributed by atoms with E-state index in [2.05, 4.69) is 35.4 Å². The van der Waals surface area contributed by atoms with Gasteiger partial charge in [0.15, 0.2) is 0 Å². The van der Waals surface area contributed by atoms with Crippen LogP contribution in [-0.2, 0) is 11.2 Å². The van der Waals surface area contributed by atoms with Crippen LogP contribution in [-0.4, -0.2) is 43.2 Å². The normalized spacial score (nSPS) is 11.8. The summed E-state index contributed by atoms with van der Waals surface area (Å²) in [5.41, 5.74) is 3.26. The molecule has 0 aliphatic heterocycles. The highest BCUT2D eigenvalue weighted by Crippen LogP contribution is 2.17. The number of pyridine rings is 1. The summed E-state index contributed by atoms with van der Waals surface area (Å²) in [5.74, 6) is 0. The summed E-state index contributed by atoms with van der Waals surface area (Å²) in [4.78, 5) is 18.4. The van der Waals surface area contributed by atoms with Crippen molar-refractivity contribution in [2.45, 2.75) is 19.4 Å². The first kappa shape index (κ1) is 17.9. The van der Waals surface area contributed by atoms with Crippen molar-refractivity contribution in [2.24, 2.45) is 0 Å². The molecule has 1 atom stereocenters. The lowest BCUT2D eigenvalue weighted by molar-refractivity contribution is 0.114. The minimum atomic E-state index is -0.213. The van der Waals surface area contributed by atoms with Crippen molar-refractivity contribution in [3.05, 3.63) is 65.5 Å². The third kappa shape index (κ3) is 5.06. The maximum absolute atomic E-state index is 12.4. The van der Waals surface area contributed by atoms with Crippen LogP contribution in [0.2, 0.25) is 0 Å². The Morgan fingerprint density at radius 2 is 2.12 bits per heavy atom. The largest absolute Gasteiger partial charge is 0.382 e. The van der Waals surface area contributed by atoms with Gasteiger partial charge in [-0.3, -0.25) is 4.98 Å². The van der Waals surface area contributed by atoms with Crippen molar-refractivity contribution < 1.29 is 9.53 Å². The molecule has 0 aliphatic carbocycles. The van der Waals surface area contributed by atoms with Gasteiger partial charge in [-0.2, -0.15) is 0 Å². The van der Waals surface area contributed by atoms with Gasteiger partial charge in [0.1, 0.15) is 0 Å². The van der Waals surface area contributed by atoms with Gasteiger partial charge in [-0.1, -0.05) is 35.9 Å². The van der Waals surface area contributed by atoms with Gasteiger partial charge in [0, 0.05) is 26.9 Å². The molecule has 0 bridgehead atoms. The Morgan fingerprint density at radius 1 is 1.29 bits per heavy atom. The predicted octanol–water partition coefficient (Wildman–Crippen LogP) is 2.96. The van der Waals surface area contributed by atoms with Crippen LogP contribution in [0.1, 0.15) is 22.9 Å². The number of aromatic nitrogens is 1. The Morgan fingerprint density at radius 3 is 2.79 bits per heavy atom. The van der Waals surface area contributed by atoms with E-state index >= 15 is 0 Å². The number of rotatable bonds is 7. The highest BCUT2D eigenvalue weighted by Gasteiger charge is 2.22. The quantitative estimate of drug-likeness (QED) is 0.850. The smallest absolute Gasteiger partial charge is 0.317 e. The van der Waals surface area contributed by atoms with Crippen molar-refractivity contribution in [1.29, 1.82) is 0 Å². The molecule has 1 heterocycles. The van der Waals surface area contributed by atoms with Gasteiger partial charge in [0.25, 0.3) is 0 Å². The number of benzene rings is 1. The molecule has 0 fully saturated rings. The Labute approximate surface area is 143 Å². The van der Waals surface area contributed by atoms with Crippen LogP contribution in [0.4, 0.5) is 4.79 Å². The van der Waals surface area contributed by atoms with Gasteiger partial charge in [-0.25, -0.2) is 4.79 Å². The molecule has 5 nitrogen and oxygen atoms in total. The van der Waals surface area contributed by atoms with E-state index in [1.165, 1.54) is 11.1 Å². The zero-order valence-electron chi connectivity index (χ0n) is 14.5. The molecular formula is C19H25N3O2. The van der Waals surface area contributed by atoms with Crippen LogP contribution in [0.3, 0.4) is 0 Å². The number of hydrogen-bond donors (Lipinski definition) is 1. The van der Waals surface area contributed by atoms with Crippen molar-refractivity contribution in [3.63, 3.8) is 0 Å². The second-order valence-electron chi connectivity index (χ2n) is 5.81. The van der Waals surface area contributed by atoms with Crippen LogP contribution in [0.25, 0.3) is 0 Å². The van der Waals surface area contributed by atoms with Crippen LogP contribution in [0, 0.1) is 6.92 Å². The zero-order chi connectivity index (χ0) is 17.4. The molecule has 0 radical (unpaired) electrons. The zero-order valence-corrected chi connectivity index (χ0v) is 14.5. The summed E-state index contributed by atoms with van der Waals surface area (Å²) in [6.07, 6.45) is 2.53. The minimum absolute atomic E-state index is 0.129. The molecule has 0 saturated heterocycles. The van der Waals surface area contributed by atoms with Crippen LogP contribution in [0.15, 0.2) is 48.7 Å². The summed E-state index contributed by atoms with van der Waals surface area (Å²) in [5, 5.41) is 2.96. The molecule has 1 N–H and O–H groups in total. The SMILES string of the molecule is COC[C@H](c1ccccn1)N(C)C(=O)NCCc1cccc(C)c1. The molecule has 128 valence electrons. The number of amides is 2. The topological polar surface area (TPSA) is 54.5 Å². The van der Waals surface area contributed by atoms with Crippen LogP contribution in [0.5, 0.6) is 0 Å². The number of likely N-dealkylation sites (N-methyl/N-ethyl adjacent to an activating group) is 1. The number of hydrogen-bond acceptors (Lipinski definition) is 3. The fourth-order valence-corrected chi connectivity index (χ4v) is 2.57. The van der Waals surface area contributed by atoms with E-state index in [0.29, 0.717) is 13.2 Å². The van der Waals surface area contributed by atoms with Crippen molar-refractivity contribution in [1.82, 2.24) is 15.2 Å². The standard InChI is InChI=1S/C19H25N3O2/c1-15-7-6-8-16(13-15)10-12-21-19(23)22(2)18(14-24-3)17-9-4-5-11-20-17/h4-9,11,13,18H,10,12,14H2,1-3H3,(H,21,23)/t18-/m1/s1. The number of urea groups is 1. The highest BCUT2D eigenvalue weighted by atomic mass is 16.5. The molecule has 2 amide bonds. The van der Waals surface area contributed by atoms with Crippen molar-refractivity contribution in [2.75, 3.05) is 27.3 Å². The molecule has 2 rings (SSSR count). The molecular weight excluding hydrogens is 302 g/mol. The Kier molecular flexibility index (Phi) is 6.75. The molecule has 1 aromatic carbocycles. The number of methoxy groups -OCH3 is 1. The number of nitrogens with one attached hydrogen (secondary N) is 1. The second-order valence-corrected chi connectivity index (χ2v) is 5.81. The maximum Gasteiger partial charge on any atom is 0.317 e. The first-order valence-electron chi connectivity index (χ1n) is 8.08. The van der Waals surface area contributed by atoms with E-state index < -0.39 is 0 Å². The molecule has 0 spiro atoms. The van der Waals surface area contributed by atoms with Gasteiger partial charge in [-0.05, 0) is 31.0 Å². The van der Waals surface area contributed by atoms with Crippen molar-refractivity contribution in [3.8, 4) is 0 Å². The lowest BCUT2D eigenvalue weighted by Gasteiger charge is -2.27. The second kappa shape index (κ2) is 9.03. The van der Waals surface area contributed by atoms with E-state index in [1.807, 2.05) is 24.3 Å². The molecule has 0 aliphatic rings. The van der Waals surface area contributed by atoms with Crippen molar-refractivity contribution >= 4 is 6.03 Å². The first-order valence-corrected chi connectivity index (χ1v) is 8.08. The average Bonchev–Trinajstić information content (AvgIpc) is 2.60. The van der Waals surface area contributed by atoms with Gasteiger partial charge in [-0.15, -0.1) is 0 Å². The predicted molar refractivity (Wildman–Crippen MR) is 94.9 cm³/mol. The summed E-state index contributed by atoms with van der Waals surface area (Å²) in [6.45, 7) is 3.06. The Hall–Kier alpha value is -2.40. The Balaban J connectivity index is 1.92. The molecule has 0 saturated carbocycles. The number of aryl methyl sites for hydroxylation is 1. The fraction of sp³-hybridized carbons (Fsp3) is 0.368.